The minimum atomic E-state index is 0.773. The highest BCUT2D eigenvalue weighted by molar-refractivity contribution is 5.82. The van der Waals surface area contributed by atoms with Gasteiger partial charge in [-0.1, -0.05) is 18.2 Å². The average Bonchev–Trinajstić information content (AvgIpc) is 2.45. The van der Waals surface area contributed by atoms with E-state index in [1.165, 1.54) is 10.9 Å². The van der Waals surface area contributed by atoms with Crippen molar-refractivity contribution in [3.63, 3.8) is 0 Å². The van der Waals surface area contributed by atoms with Crippen LogP contribution in [0.5, 0.6) is 0 Å². The molecule has 0 saturated heterocycles. The first kappa shape index (κ1) is 11.7. The summed E-state index contributed by atoms with van der Waals surface area (Å²) in [5, 5.41) is 4.59. The van der Waals surface area contributed by atoms with Gasteiger partial charge in [0, 0.05) is 30.0 Å². The highest BCUT2D eigenvalue weighted by atomic mass is 14.9. The van der Waals surface area contributed by atoms with E-state index in [0.717, 1.165) is 23.4 Å². The van der Waals surface area contributed by atoms with Crippen molar-refractivity contribution in [3.8, 4) is 0 Å². The molecule has 0 radical (unpaired) electrons. The van der Waals surface area contributed by atoms with Crippen molar-refractivity contribution in [1.29, 1.82) is 0 Å². The molecule has 2 heterocycles. The molecule has 94 valence electrons. The van der Waals surface area contributed by atoms with Crippen molar-refractivity contribution in [3.05, 3.63) is 66.1 Å². The van der Waals surface area contributed by atoms with Crippen LogP contribution in [0.15, 0.2) is 54.9 Å². The Morgan fingerprint density at radius 3 is 2.84 bits per heavy atom. The molecule has 0 aliphatic carbocycles. The minimum Gasteiger partial charge on any atom is -0.380 e. The molecule has 0 aliphatic heterocycles. The van der Waals surface area contributed by atoms with E-state index < -0.39 is 0 Å². The fraction of sp³-hybridized carbons (Fsp3) is 0.125. The highest BCUT2D eigenvalue weighted by Gasteiger charge is 2.03. The molecule has 0 amide bonds. The summed E-state index contributed by atoms with van der Waals surface area (Å²) in [5.74, 6) is 0. The number of aromatic nitrogens is 2. The second kappa shape index (κ2) is 5.06. The molecule has 0 spiro atoms. The number of hydrogen-bond acceptors (Lipinski definition) is 3. The van der Waals surface area contributed by atoms with Crippen molar-refractivity contribution < 1.29 is 0 Å². The van der Waals surface area contributed by atoms with Gasteiger partial charge in [-0.3, -0.25) is 9.97 Å². The second-order valence-electron chi connectivity index (χ2n) is 4.54. The number of benzene rings is 1. The quantitative estimate of drug-likeness (QED) is 0.771. The molecule has 1 N–H and O–H groups in total. The summed E-state index contributed by atoms with van der Waals surface area (Å²) in [6.07, 6.45) is 3.60. The first-order valence-electron chi connectivity index (χ1n) is 6.32. The van der Waals surface area contributed by atoms with Crippen LogP contribution in [-0.4, -0.2) is 9.97 Å². The van der Waals surface area contributed by atoms with E-state index in [4.69, 9.17) is 0 Å². The van der Waals surface area contributed by atoms with Gasteiger partial charge in [-0.2, -0.15) is 0 Å². The summed E-state index contributed by atoms with van der Waals surface area (Å²) in [5.41, 5.74) is 4.38. The number of nitrogens with one attached hydrogen (secondary N) is 1. The first-order chi connectivity index (χ1) is 9.33. The van der Waals surface area contributed by atoms with E-state index in [2.05, 4.69) is 33.5 Å². The molecule has 2 aromatic heterocycles. The molecule has 0 atom stereocenters. The molecule has 0 bridgehead atoms. The van der Waals surface area contributed by atoms with Crippen LogP contribution in [-0.2, 0) is 6.54 Å². The lowest BCUT2D eigenvalue weighted by molar-refractivity contribution is 1.12. The Balaban J connectivity index is 1.92. The Morgan fingerprint density at radius 2 is 2.00 bits per heavy atom. The molecule has 19 heavy (non-hydrogen) atoms. The zero-order chi connectivity index (χ0) is 13.1. The van der Waals surface area contributed by atoms with E-state index >= 15 is 0 Å². The number of rotatable bonds is 3. The third-order valence-electron chi connectivity index (χ3n) is 3.07. The third kappa shape index (κ3) is 2.55. The summed E-state index contributed by atoms with van der Waals surface area (Å²) in [6, 6.07) is 14.3. The number of hydrogen-bond donors (Lipinski definition) is 1. The van der Waals surface area contributed by atoms with Crippen molar-refractivity contribution in [2.75, 3.05) is 5.32 Å². The number of anilines is 1. The van der Waals surface area contributed by atoms with Gasteiger partial charge in [0.1, 0.15) is 0 Å². The van der Waals surface area contributed by atoms with Gasteiger partial charge in [0.2, 0.25) is 0 Å². The lowest BCUT2D eigenvalue weighted by atomic mass is 10.1. The van der Waals surface area contributed by atoms with Gasteiger partial charge in [0.15, 0.2) is 0 Å². The molecule has 0 saturated carbocycles. The normalized spacial score (nSPS) is 10.6. The first-order valence-corrected chi connectivity index (χ1v) is 6.32. The van der Waals surface area contributed by atoms with E-state index in [-0.39, 0.29) is 0 Å². The molecule has 0 fully saturated rings. The molecular weight excluding hydrogens is 234 g/mol. The fourth-order valence-electron chi connectivity index (χ4n) is 2.21. The van der Waals surface area contributed by atoms with Gasteiger partial charge in [0.05, 0.1) is 11.2 Å². The lowest BCUT2D eigenvalue weighted by Crippen LogP contribution is -2.01. The molecule has 0 aliphatic rings. The van der Waals surface area contributed by atoms with Gasteiger partial charge in [-0.25, -0.2) is 0 Å². The van der Waals surface area contributed by atoms with Crippen molar-refractivity contribution in [2.24, 2.45) is 0 Å². The fourth-order valence-corrected chi connectivity index (χ4v) is 2.21. The van der Waals surface area contributed by atoms with Crippen LogP contribution in [0.1, 0.15) is 11.3 Å². The monoisotopic (exact) mass is 249 g/mol. The number of para-hydroxylation sites is 1. The Hall–Kier alpha value is -2.42. The predicted molar refractivity (Wildman–Crippen MR) is 78.0 cm³/mol. The van der Waals surface area contributed by atoms with Crippen LogP contribution in [0.25, 0.3) is 10.9 Å². The Bertz CT molecular complexity index is 693. The smallest absolute Gasteiger partial charge is 0.0708 e. The molecule has 0 unspecified atom stereocenters. The van der Waals surface area contributed by atoms with E-state index in [9.17, 15) is 0 Å². The summed E-state index contributed by atoms with van der Waals surface area (Å²) >= 11 is 0. The van der Waals surface area contributed by atoms with Gasteiger partial charge in [-0.15, -0.1) is 0 Å². The van der Waals surface area contributed by atoms with Crippen LogP contribution in [0.3, 0.4) is 0 Å². The predicted octanol–water partition coefficient (Wildman–Crippen LogP) is 3.55. The molecule has 3 heteroatoms. The molecule has 3 aromatic rings. The van der Waals surface area contributed by atoms with E-state index in [1.54, 1.807) is 6.20 Å². The lowest BCUT2D eigenvalue weighted by Gasteiger charge is -2.10. The molecule has 3 nitrogen and oxygen atoms in total. The maximum absolute atomic E-state index is 4.55. The Labute approximate surface area is 112 Å². The Morgan fingerprint density at radius 1 is 1.11 bits per heavy atom. The number of nitrogens with zero attached hydrogens (tertiary/aromatic N) is 2. The van der Waals surface area contributed by atoms with Crippen LogP contribution in [0, 0.1) is 6.92 Å². The zero-order valence-electron chi connectivity index (χ0n) is 10.8. The summed E-state index contributed by atoms with van der Waals surface area (Å²) in [7, 11) is 0. The zero-order valence-corrected chi connectivity index (χ0v) is 10.8. The van der Waals surface area contributed by atoms with Crippen LogP contribution in [0.2, 0.25) is 0 Å². The van der Waals surface area contributed by atoms with E-state index in [1.807, 2.05) is 37.4 Å². The summed E-state index contributed by atoms with van der Waals surface area (Å²) < 4.78 is 0. The highest BCUT2D eigenvalue weighted by Crippen LogP contribution is 2.19. The van der Waals surface area contributed by atoms with Gasteiger partial charge in [-0.05, 0) is 36.8 Å². The molecule has 1 aromatic carbocycles. The van der Waals surface area contributed by atoms with Crippen LogP contribution >= 0.6 is 0 Å². The summed E-state index contributed by atoms with van der Waals surface area (Å²) in [6.45, 7) is 2.80. The summed E-state index contributed by atoms with van der Waals surface area (Å²) in [4.78, 5) is 8.65. The second-order valence-corrected chi connectivity index (χ2v) is 4.54. The SMILES string of the molecule is Cc1cc(CNc2cccnc2)c2ccccc2n1. The van der Waals surface area contributed by atoms with Crippen molar-refractivity contribution >= 4 is 16.6 Å². The topological polar surface area (TPSA) is 37.8 Å². The maximum Gasteiger partial charge on any atom is 0.0708 e. The average molecular weight is 249 g/mol. The van der Waals surface area contributed by atoms with Crippen LogP contribution in [0.4, 0.5) is 5.69 Å². The van der Waals surface area contributed by atoms with Crippen LogP contribution < -0.4 is 5.32 Å². The standard InChI is InChI=1S/C16H15N3/c1-12-9-13(10-18-14-5-4-8-17-11-14)15-6-2-3-7-16(15)19-12/h2-9,11,18H,10H2,1H3. The van der Waals surface area contributed by atoms with Gasteiger partial charge < -0.3 is 5.32 Å². The molecular formula is C16H15N3. The number of aryl methyl sites for hydroxylation is 1. The van der Waals surface area contributed by atoms with Gasteiger partial charge in [0.25, 0.3) is 0 Å². The van der Waals surface area contributed by atoms with Gasteiger partial charge >= 0.3 is 0 Å². The van der Waals surface area contributed by atoms with Crippen molar-refractivity contribution in [2.45, 2.75) is 13.5 Å². The third-order valence-corrected chi connectivity index (χ3v) is 3.07. The van der Waals surface area contributed by atoms with E-state index in [0.29, 0.717) is 0 Å². The Kier molecular flexibility index (Phi) is 3.11. The maximum atomic E-state index is 4.55. The minimum absolute atomic E-state index is 0.773. The molecule has 3 rings (SSSR count). The largest absolute Gasteiger partial charge is 0.380 e. The number of fused-ring (bicyclic) bond motifs is 1. The number of pyridine rings is 2. The van der Waals surface area contributed by atoms with Crippen molar-refractivity contribution in [1.82, 2.24) is 9.97 Å².